The van der Waals surface area contributed by atoms with Gasteiger partial charge in [0, 0.05) is 0 Å². The number of imidazole rings is 1. The number of ether oxygens (including phenoxy) is 2. The van der Waals surface area contributed by atoms with Crippen LogP contribution < -0.4 is 14.8 Å². The van der Waals surface area contributed by atoms with E-state index >= 15 is 0 Å². The standard InChI is InChI=1S/C23H20F3N3O4/c1-31-19-8-5-14(10-20(19)32-2)11-21(30)28-22-27-17-12-15(23(24,25)26)6-7-18(17)29(22)13-16-4-3-9-33-16/h3-10,12H,11,13H2,1-2H3,(H,27,28,30). The summed E-state index contributed by atoms with van der Waals surface area (Å²) in [7, 11) is 3.01. The summed E-state index contributed by atoms with van der Waals surface area (Å²) in [5, 5.41) is 2.70. The maximum absolute atomic E-state index is 13.2. The van der Waals surface area contributed by atoms with Gasteiger partial charge in [-0.2, -0.15) is 13.2 Å². The Morgan fingerprint density at radius 3 is 2.55 bits per heavy atom. The lowest BCUT2D eigenvalue weighted by atomic mass is 10.1. The monoisotopic (exact) mass is 459 g/mol. The van der Waals surface area contributed by atoms with E-state index in [2.05, 4.69) is 10.3 Å². The average Bonchev–Trinajstić information content (AvgIpc) is 3.41. The first kappa shape index (κ1) is 22.3. The van der Waals surface area contributed by atoms with Crippen LogP contribution in [-0.2, 0) is 23.9 Å². The second-order valence-electron chi connectivity index (χ2n) is 7.22. The fourth-order valence-electron chi connectivity index (χ4n) is 3.46. The number of hydrogen-bond acceptors (Lipinski definition) is 5. The van der Waals surface area contributed by atoms with Crippen LogP contribution in [0.3, 0.4) is 0 Å². The van der Waals surface area contributed by atoms with Crippen molar-refractivity contribution in [3.8, 4) is 11.5 Å². The maximum atomic E-state index is 13.2. The Labute approximate surface area is 186 Å². The molecule has 0 unspecified atom stereocenters. The van der Waals surface area contributed by atoms with Gasteiger partial charge in [-0.25, -0.2) is 4.98 Å². The molecule has 0 aliphatic carbocycles. The van der Waals surface area contributed by atoms with E-state index in [1.165, 1.54) is 26.5 Å². The third-order valence-corrected chi connectivity index (χ3v) is 5.03. The zero-order valence-electron chi connectivity index (χ0n) is 17.8. The molecule has 1 N–H and O–H groups in total. The quantitative estimate of drug-likeness (QED) is 0.426. The summed E-state index contributed by atoms with van der Waals surface area (Å²) < 4.78 is 56.9. The van der Waals surface area contributed by atoms with Crippen molar-refractivity contribution in [1.82, 2.24) is 9.55 Å². The minimum Gasteiger partial charge on any atom is -0.493 e. The lowest BCUT2D eigenvalue weighted by Gasteiger charge is -2.11. The van der Waals surface area contributed by atoms with Crippen molar-refractivity contribution in [1.29, 1.82) is 0 Å². The first-order valence-corrected chi connectivity index (χ1v) is 9.89. The highest BCUT2D eigenvalue weighted by Crippen LogP contribution is 2.33. The van der Waals surface area contributed by atoms with Crippen molar-refractivity contribution >= 4 is 22.9 Å². The number of carbonyl (C=O) groups is 1. The Hall–Kier alpha value is -3.95. The fraction of sp³-hybridized carbons (Fsp3) is 0.217. The van der Waals surface area contributed by atoms with Crippen LogP contribution in [0.1, 0.15) is 16.9 Å². The largest absolute Gasteiger partial charge is 0.493 e. The number of methoxy groups -OCH3 is 2. The Morgan fingerprint density at radius 2 is 1.88 bits per heavy atom. The fourth-order valence-corrected chi connectivity index (χ4v) is 3.46. The molecular formula is C23H20F3N3O4. The zero-order chi connectivity index (χ0) is 23.6. The molecule has 2 aromatic heterocycles. The third kappa shape index (κ3) is 4.79. The molecule has 0 atom stereocenters. The molecule has 0 aliphatic heterocycles. The Balaban J connectivity index is 1.64. The molecule has 2 heterocycles. The summed E-state index contributed by atoms with van der Waals surface area (Å²) in [4.78, 5) is 17.0. The molecule has 4 aromatic rings. The molecule has 2 aromatic carbocycles. The van der Waals surface area contributed by atoms with Crippen LogP contribution in [-0.4, -0.2) is 29.7 Å². The summed E-state index contributed by atoms with van der Waals surface area (Å²) in [6.07, 6.45) is -3.01. The molecular weight excluding hydrogens is 439 g/mol. The van der Waals surface area contributed by atoms with Gasteiger partial charge in [-0.3, -0.25) is 10.1 Å². The summed E-state index contributed by atoms with van der Waals surface area (Å²) in [5.74, 6) is 1.29. The number of nitrogens with zero attached hydrogens (tertiary/aromatic N) is 2. The SMILES string of the molecule is COc1ccc(CC(=O)Nc2nc3cc(C(F)(F)F)ccc3n2Cc2ccco2)cc1OC. The van der Waals surface area contributed by atoms with Gasteiger partial charge in [0.05, 0.1) is 50.0 Å². The Morgan fingerprint density at radius 1 is 1.09 bits per heavy atom. The maximum Gasteiger partial charge on any atom is 0.416 e. The minimum absolute atomic E-state index is 0.00187. The molecule has 0 saturated heterocycles. The Bertz CT molecular complexity index is 1280. The molecule has 0 fully saturated rings. The highest BCUT2D eigenvalue weighted by Gasteiger charge is 2.31. The van der Waals surface area contributed by atoms with Gasteiger partial charge >= 0.3 is 6.18 Å². The second-order valence-corrected chi connectivity index (χ2v) is 7.22. The van der Waals surface area contributed by atoms with Crippen LogP contribution in [0.5, 0.6) is 11.5 Å². The van der Waals surface area contributed by atoms with E-state index in [-0.39, 0.29) is 24.4 Å². The average molecular weight is 459 g/mol. The molecule has 7 nitrogen and oxygen atoms in total. The summed E-state index contributed by atoms with van der Waals surface area (Å²) in [6.45, 7) is 0.181. The van der Waals surface area contributed by atoms with E-state index in [1.807, 2.05) is 0 Å². The number of alkyl halides is 3. The smallest absolute Gasteiger partial charge is 0.416 e. The molecule has 10 heteroatoms. The van der Waals surface area contributed by atoms with E-state index in [9.17, 15) is 18.0 Å². The number of amides is 1. The van der Waals surface area contributed by atoms with Gasteiger partial charge in [0.1, 0.15) is 5.76 Å². The summed E-state index contributed by atoms with van der Waals surface area (Å²) in [5.41, 5.74) is 0.387. The zero-order valence-corrected chi connectivity index (χ0v) is 17.8. The van der Waals surface area contributed by atoms with Crippen molar-refractivity contribution in [3.05, 3.63) is 71.7 Å². The van der Waals surface area contributed by atoms with Crippen molar-refractivity contribution in [2.24, 2.45) is 0 Å². The van der Waals surface area contributed by atoms with E-state index in [0.717, 1.165) is 12.1 Å². The number of aromatic nitrogens is 2. The molecule has 33 heavy (non-hydrogen) atoms. The second kappa shape index (κ2) is 8.89. The van der Waals surface area contributed by atoms with Crippen LogP contribution in [0.15, 0.2) is 59.2 Å². The van der Waals surface area contributed by atoms with E-state index < -0.39 is 17.6 Å². The molecule has 1 amide bonds. The number of furan rings is 1. The molecule has 0 spiro atoms. The number of rotatable bonds is 7. The number of halogens is 3. The minimum atomic E-state index is -4.50. The van der Waals surface area contributed by atoms with E-state index in [4.69, 9.17) is 13.9 Å². The van der Waals surface area contributed by atoms with Crippen molar-refractivity contribution < 1.29 is 31.9 Å². The number of hydrogen-bond donors (Lipinski definition) is 1. The molecule has 4 rings (SSSR count). The third-order valence-electron chi connectivity index (χ3n) is 5.03. The predicted molar refractivity (Wildman–Crippen MR) is 114 cm³/mol. The molecule has 0 radical (unpaired) electrons. The van der Waals surface area contributed by atoms with Gasteiger partial charge in [-0.15, -0.1) is 0 Å². The number of carbonyl (C=O) groups excluding carboxylic acids is 1. The van der Waals surface area contributed by atoms with Crippen LogP contribution in [0.25, 0.3) is 11.0 Å². The number of anilines is 1. The summed E-state index contributed by atoms with van der Waals surface area (Å²) in [6, 6.07) is 11.8. The lowest BCUT2D eigenvalue weighted by Crippen LogP contribution is -2.18. The van der Waals surface area contributed by atoms with Crippen LogP contribution in [0.4, 0.5) is 19.1 Å². The van der Waals surface area contributed by atoms with Crippen LogP contribution >= 0.6 is 0 Å². The first-order valence-electron chi connectivity index (χ1n) is 9.89. The van der Waals surface area contributed by atoms with E-state index in [0.29, 0.717) is 28.3 Å². The van der Waals surface area contributed by atoms with Crippen LogP contribution in [0, 0.1) is 0 Å². The number of benzene rings is 2. The van der Waals surface area contributed by atoms with Gasteiger partial charge in [-0.1, -0.05) is 6.07 Å². The summed E-state index contributed by atoms with van der Waals surface area (Å²) >= 11 is 0. The highest BCUT2D eigenvalue weighted by atomic mass is 19.4. The number of fused-ring (bicyclic) bond motifs is 1. The van der Waals surface area contributed by atoms with Gasteiger partial charge in [0.15, 0.2) is 11.5 Å². The van der Waals surface area contributed by atoms with Gasteiger partial charge < -0.3 is 18.5 Å². The van der Waals surface area contributed by atoms with Crippen LogP contribution in [0.2, 0.25) is 0 Å². The van der Waals surface area contributed by atoms with Gasteiger partial charge in [0.25, 0.3) is 0 Å². The Kier molecular flexibility index (Phi) is 5.99. The van der Waals surface area contributed by atoms with Gasteiger partial charge in [-0.05, 0) is 48.0 Å². The molecule has 172 valence electrons. The topological polar surface area (TPSA) is 78.5 Å². The lowest BCUT2D eigenvalue weighted by molar-refractivity contribution is -0.137. The molecule has 0 aliphatic rings. The highest BCUT2D eigenvalue weighted by molar-refractivity contribution is 5.93. The van der Waals surface area contributed by atoms with Crippen molar-refractivity contribution in [2.45, 2.75) is 19.1 Å². The van der Waals surface area contributed by atoms with Crippen molar-refractivity contribution in [3.63, 3.8) is 0 Å². The predicted octanol–water partition coefficient (Wildman–Crippen LogP) is 4.89. The van der Waals surface area contributed by atoms with Gasteiger partial charge in [0.2, 0.25) is 11.9 Å². The van der Waals surface area contributed by atoms with Crippen molar-refractivity contribution in [2.75, 3.05) is 19.5 Å². The number of nitrogens with one attached hydrogen (secondary N) is 1. The molecule has 0 bridgehead atoms. The van der Waals surface area contributed by atoms with E-state index in [1.54, 1.807) is 34.9 Å². The normalized spacial score (nSPS) is 11.5. The molecule has 0 saturated carbocycles. The first-order chi connectivity index (χ1) is 15.8.